The van der Waals surface area contributed by atoms with Gasteiger partial charge in [-0.1, -0.05) is 91.0 Å². The topological polar surface area (TPSA) is 35.9 Å². The lowest BCUT2D eigenvalue weighted by Gasteiger charge is -2.29. The second-order valence-corrected chi connectivity index (χ2v) is 8.81. The number of ether oxygens (including phenoxy) is 1. The largest absolute Gasteiger partial charge is 0.489 e. The highest BCUT2D eigenvalue weighted by molar-refractivity contribution is 5.68. The van der Waals surface area contributed by atoms with Gasteiger partial charge in [-0.15, -0.1) is 0 Å². The van der Waals surface area contributed by atoms with Crippen LogP contribution < -0.4 is 14.5 Å². The van der Waals surface area contributed by atoms with Crippen molar-refractivity contribution in [2.75, 3.05) is 23.0 Å². The Labute approximate surface area is 201 Å². The van der Waals surface area contributed by atoms with E-state index in [-0.39, 0.29) is 0 Å². The molecule has 0 saturated carbocycles. The summed E-state index contributed by atoms with van der Waals surface area (Å²) < 4.78 is 5.99. The van der Waals surface area contributed by atoms with Crippen LogP contribution in [0.1, 0.15) is 16.7 Å². The van der Waals surface area contributed by atoms with Crippen LogP contribution in [-0.4, -0.2) is 24.4 Å². The molecule has 0 radical (unpaired) electrons. The lowest BCUT2D eigenvalue weighted by atomic mass is 10.1. The lowest BCUT2D eigenvalue weighted by Crippen LogP contribution is -2.32. The number of hydrogen-bond acceptors (Lipinski definition) is 4. The van der Waals surface area contributed by atoms with Crippen molar-refractivity contribution in [2.45, 2.75) is 25.7 Å². The van der Waals surface area contributed by atoms with Gasteiger partial charge < -0.3 is 19.6 Å². The molecule has 4 heteroatoms. The molecule has 0 saturated heterocycles. The van der Waals surface area contributed by atoms with Crippen LogP contribution in [0.2, 0.25) is 0 Å². The third-order valence-electron chi connectivity index (χ3n) is 6.16. The van der Waals surface area contributed by atoms with E-state index in [1.54, 1.807) is 0 Å². The Balaban J connectivity index is 1.50. The van der Waals surface area contributed by atoms with Gasteiger partial charge in [-0.25, -0.2) is 0 Å². The Morgan fingerprint density at radius 3 is 1.88 bits per heavy atom. The van der Waals surface area contributed by atoms with E-state index in [1.807, 2.05) is 12.1 Å². The molecule has 1 aliphatic rings. The Hall–Kier alpha value is -3.76. The minimum Gasteiger partial charge on any atom is -0.489 e. The minimum atomic E-state index is -0.538. The number of aliphatic hydroxyl groups is 1. The number of benzene rings is 4. The summed E-state index contributed by atoms with van der Waals surface area (Å²) in [6.07, 6.45) is -0.538. The molecule has 1 aliphatic heterocycles. The summed E-state index contributed by atoms with van der Waals surface area (Å²) >= 11 is 0. The zero-order valence-electron chi connectivity index (χ0n) is 19.3. The van der Waals surface area contributed by atoms with E-state index in [0.717, 1.165) is 36.8 Å². The van der Waals surface area contributed by atoms with Gasteiger partial charge in [-0.2, -0.15) is 0 Å². The highest BCUT2D eigenvalue weighted by atomic mass is 16.5. The maximum Gasteiger partial charge on any atom is 0.142 e. The van der Waals surface area contributed by atoms with Crippen molar-refractivity contribution < 1.29 is 9.84 Å². The van der Waals surface area contributed by atoms with Crippen LogP contribution in [-0.2, 0) is 19.6 Å². The maximum atomic E-state index is 10.5. The fourth-order valence-corrected chi connectivity index (χ4v) is 4.46. The maximum absolute atomic E-state index is 10.5. The van der Waals surface area contributed by atoms with Crippen molar-refractivity contribution in [3.63, 3.8) is 0 Å². The van der Waals surface area contributed by atoms with Crippen molar-refractivity contribution in [3.8, 4) is 5.75 Å². The van der Waals surface area contributed by atoms with Gasteiger partial charge in [0.15, 0.2) is 0 Å². The van der Waals surface area contributed by atoms with E-state index >= 15 is 0 Å². The van der Waals surface area contributed by atoms with Crippen LogP contribution in [0, 0.1) is 0 Å². The number of fused-ring (bicyclic) bond motifs is 1. The molecule has 1 atom stereocenters. The number of rotatable bonds is 7. The fourth-order valence-electron chi connectivity index (χ4n) is 4.46. The third kappa shape index (κ3) is 5.41. The number of anilines is 2. The zero-order chi connectivity index (χ0) is 23.2. The summed E-state index contributed by atoms with van der Waals surface area (Å²) in [4.78, 5) is 4.63. The first-order valence-corrected chi connectivity index (χ1v) is 11.8. The first-order chi connectivity index (χ1) is 16.7. The van der Waals surface area contributed by atoms with E-state index in [4.69, 9.17) is 4.74 Å². The highest BCUT2D eigenvalue weighted by Gasteiger charge is 2.23. The van der Waals surface area contributed by atoms with E-state index in [2.05, 4.69) is 107 Å². The monoisotopic (exact) mass is 450 g/mol. The van der Waals surface area contributed by atoms with Crippen molar-refractivity contribution in [1.29, 1.82) is 0 Å². The smallest absolute Gasteiger partial charge is 0.142 e. The van der Waals surface area contributed by atoms with Gasteiger partial charge in [0.25, 0.3) is 0 Å². The fraction of sp³-hybridized carbons (Fsp3) is 0.200. The molecule has 5 rings (SSSR count). The quantitative estimate of drug-likeness (QED) is 0.395. The lowest BCUT2D eigenvalue weighted by molar-refractivity contribution is 0.118. The van der Waals surface area contributed by atoms with Gasteiger partial charge in [0.2, 0.25) is 0 Å². The molecule has 0 bridgehead atoms. The van der Waals surface area contributed by atoms with Crippen LogP contribution in [0.5, 0.6) is 5.75 Å². The molecule has 0 aliphatic carbocycles. The van der Waals surface area contributed by atoms with Crippen LogP contribution in [0.15, 0.2) is 109 Å². The Kier molecular flexibility index (Phi) is 6.78. The second-order valence-electron chi connectivity index (χ2n) is 8.81. The molecule has 34 heavy (non-hydrogen) atoms. The van der Waals surface area contributed by atoms with Crippen LogP contribution in [0.3, 0.4) is 0 Å². The van der Waals surface area contributed by atoms with Crippen molar-refractivity contribution >= 4 is 11.4 Å². The molecular formula is C30H30N2O2. The normalized spacial score (nSPS) is 15.2. The summed E-state index contributed by atoms with van der Waals surface area (Å²) in [5.74, 6) is 0.815. The SMILES string of the molecule is OC1COc2ccc(N(Cc3ccccc3)Cc3ccccc3)cc2N(Cc2ccccc2)C1. The average molecular weight is 451 g/mol. The van der Waals surface area contributed by atoms with Gasteiger partial charge in [-0.3, -0.25) is 0 Å². The summed E-state index contributed by atoms with van der Waals surface area (Å²) in [5.41, 5.74) is 5.88. The molecule has 1 N–H and O–H groups in total. The number of β-amino-alcohol motifs (C(OH)–C–C–N with tert-alkyl or cyclic N) is 1. The molecule has 0 fully saturated rings. The predicted molar refractivity (Wildman–Crippen MR) is 138 cm³/mol. The molecule has 4 aromatic carbocycles. The summed E-state index contributed by atoms with van der Waals surface area (Å²) in [6, 6.07) is 37.9. The predicted octanol–water partition coefficient (Wildman–Crippen LogP) is 5.65. The molecular weight excluding hydrogens is 420 g/mol. The second kappa shape index (κ2) is 10.4. The van der Waals surface area contributed by atoms with Crippen molar-refractivity contribution in [3.05, 3.63) is 126 Å². The van der Waals surface area contributed by atoms with Crippen LogP contribution >= 0.6 is 0 Å². The first-order valence-electron chi connectivity index (χ1n) is 11.8. The standard InChI is InChI=1S/C30H30N2O2/c33-28-22-32(21-26-14-8-3-9-15-26)29-18-27(16-17-30(29)34-23-28)31(19-24-10-4-1-5-11-24)20-25-12-6-2-7-13-25/h1-18,28,33H,19-23H2. The molecule has 172 valence electrons. The van der Waals surface area contributed by atoms with Crippen molar-refractivity contribution in [1.82, 2.24) is 0 Å². The third-order valence-corrected chi connectivity index (χ3v) is 6.16. The number of nitrogens with zero attached hydrogens (tertiary/aromatic N) is 2. The van der Waals surface area contributed by atoms with Gasteiger partial charge in [0.1, 0.15) is 18.5 Å². The molecule has 0 amide bonds. The van der Waals surface area contributed by atoms with Crippen molar-refractivity contribution in [2.24, 2.45) is 0 Å². The van der Waals surface area contributed by atoms with Crippen LogP contribution in [0.25, 0.3) is 0 Å². The summed E-state index contributed by atoms with van der Waals surface area (Å²) in [7, 11) is 0. The molecule has 4 aromatic rings. The number of hydrogen-bond donors (Lipinski definition) is 1. The van der Waals surface area contributed by atoms with Gasteiger partial charge in [0.05, 0.1) is 5.69 Å². The average Bonchev–Trinajstić information content (AvgIpc) is 3.03. The molecule has 0 spiro atoms. The van der Waals surface area contributed by atoms with E-state index < -0.39 is 6.10 Å². The highest BCUT2D eigenvalue weighted by Crippen LogP contribution is 2.36. The minimum absolute atomic E-state index is 0.301. The Morgan fingerprint density at radius 1 is 0.735 bits per heavy atom. The zero-order valence-corrected chi connectivity index (χ0v) is 19.3. The van der Waals surface area contributed by atoms with E-state index in [9.17, 15) is 5.11 Å². The molecule has 4 nitrogen and oxygen atoms in total. The summed E-state index contributed by atoms with van der Waals surface area (Å²) in [5, 5.41) is 10.5. The Bertz CT molecular complexity index is 1140. The Morgan fingerprint density at radius 2 is 1.29 bits per heavy atom. The van der Waals surface area contributed by atoms with Gasteiger partial charge >= 0.3 is 0 Å². The molecule has 1 unspecified atom stereocenters. The van der Waals surface area contributed by atoms with Crippen LogP contribution in [0.4, 0.5) is 11.4 Å². The van der Waals surface area contributed by atoms with E-state index in [1.165, 1.54) is 16.7 Å². The molecule has 0 aromatic heterocycles. The van der Waals surface area contributed by atoms with Gasteiger partial charge in [0, 0.05) is 31.9 Å². The molecule has 1 heterocycles. The first kappa shape index (κ1) is 22.1. The van der Waals surface area contributed by atoms with Gasteiger partial charge in [-0.05, 0) is 34.9 Å². The number of aliphatic hydroxyl groups excluding tert-OH is 1. The van der Waals surface area contributed by atoms with E-state index in [0.29, 0.717) is 13.2 Å². The summed E-state index contributed by atoms with van der Waals surface area (Å²) in [6.45, 7) is 3.15.